The zero-order valence-corrected chi connectivity index (χ0v) is 16.9. The Labute approximate surface area is 169 Å². The first-order valence-corrected chi connectivity index (χ1v) is 8.94. The zero-order valence-electron chi connectivity index (χ0n) is 16.9. The summed E-state index contributed by atoms with van der Waals surface area (Å²) < 4.78 is 20.8. The maximum Gasteiger partial charge on any atom is 0.338 e. The number of nitrogens with zero attached hydrogens (tertiary/aromatic N) is 1. The molecule has 0 atom stereocenters. The molecular formula is C21H24N2O6. The standard InChI is InChI=1S/C21H24N2O6/c1-5-28-21(25)15-6-8-16(9-7-15)29-13-20(24)23-22-14(2)18-11-10-17(26-3)12-19(18)27-4/h6-12H,5,13H2,1-4H3,(H,23,24). The predicted molar refractivity (Wildman–Crippen MR) is 108 cm³/mol. The van der Waals surface area contributed by atoms with Crippen LogP contribution in [0.1, 0.15) is 29.8 Å². The highest BCUT2D eigenvalue weighted by atomic mass is 16.5. The van der Waals surface area contributed by atoms with Gasteiger partial charge in [-0.25, -0.2) is 10.2 Å². The van der Waals surface area contributed by atoms with Gasteiger partial charge in [0.2, 0.25) is 0 Å². The van der Waals surface area contributed by atoms with Crippen molar-refractivity contribution in [3.8, 4) is 17.2 Å². The first-order valence-electron chi connectivity index (χ1n) is 8.94. The van der Waals surface area contributed by atoms with Crippen molar-refractivity contribution < 1.29 is 28.5 Å². The number of hydrogen-bond acceptors (Lipinski definition) is 7. The number of hydrazone groups is 1. The molecular weight excluding hydrogens is 376 g/mol. The summed E-state index contributed by atoms with van der Waals surface area (Å²) in [6, 6.07) is 11.6. The summed E-state index contributed by atoms with van der Waals surface area (Å²) in [5, 5.41) is 4.08. The van der Waals surface area contributed by atoms with Gasteiger partial charge in [0.15, 0.2) is 6.61 Å². The fourth-order valence-electron chi connectivity index (χ4n) is 2.39. The summed E-state index contributed by atoms with van der Waals surface area (Å²) in [4.78, 5) is 23.6. The van der Waals surface area contributed by atoms with Crippen LogP contribution in [-0.4, -0.2) is 45.0 Å². The molecule has 0 saturated carbocycles. The minimum Gasteiger partial charge on any atom is -0.497 e. The average Bonchev–Trinajstić information content (AvgIpc) is 2.75. The van der Waals surface area contributed by atoms with Gasteiger partial charge in [0.1, 0.15) is 17.2 Å². The third-order valence-corrected chi connectivity index (χ3v) is 3.88. The SMILES string of the molecule is CCOC(=O)c1ccc(OCC(=O)NN=C(C)c2ccc(OC)cc2OC)cc1. The second-order valence-electron chi connectivity index (χ2n) is 5.83. The Hall–Kier alpha value is -3.55. The normalized spacial score (nSPS) is 10.8. The number of ether oxygens (including phenoxy) is 4. The van der Waals surface area contributed by atoms with Crippen LogP contribution in [0.3, 0.4) is 0 Å². The van der Waals surface area contributed by atoms with E-state index in [1.54, 1.807) is 70.5 Å². The van der Waals surface area contributed by atoms with Gasteiger partial charge in [0.05, 0.1) is 32.1 Å². The Kier molecular flexibility index (Phi) is 8.02. The van der Waals surface area contributed by atoms with E-state index >= 15 is 0 Å². The minimum atomic E-state index is -0.425. The Morgan fingerprint density at radius 2 is 1.69 bits per heavy atom. The summed E-state index contributed by atoms with van der Waals surface area (Å²) in [6.45, 7) is 3.57. The summed E-state index contributed by atoms with van der Waals surface area (Å²) in [5.74, 6) is 0.857. The Morgan fingerprint density at radius 3 is 2.31 bits per heavy atom. The quantitative estimate of drug-likeness (QED) is 0.395. The smallest absolute Gasteiger partial charge is 0.338 e. The van der Waals surface area contributed by atoms with Crippen LogP contribution >= 0.6 is 0 Å². The van der Waals surface area contributed by atoms with E-state index in [1.807, 2.05) is 0 Å². The van der Waals surface area contributed by atoms with Crippen molar-refractivity contribution in [1.82, 2.24) is 5.43 Å². The molecule has 8 nitrogen and oxygen atoms in total. The second-order valence-corrected chi connectivity index (χ2v) is 5.83. The molecule has 154 valence electrons. The van der Waals surface area contributed by atoms with E-state index in [2.05, 4.69) is 10.5 Å². The van der Waals surface area contributed by atoms with E-state index in [0.29, 0.717) is 35.1 Å². The topological polar surface area (TPSA) is 95.5 Å². The predicted octanol–water partition coefficient (Wildman–Crippen LogP) is 2.80. The summed E-state index contributed by atoms with van der Waals surface area (Å²) in [7, 11) is 3.12. The molecule has 0 saturated heterocycles. The Balaban J connectivity index is 1.91. The second kappa shape index (κ2) is 10.7. The summed E-state index contributed by atoms with van der Waals surface area (Å²) in [5.41, 5.74) is 4.15. The molecule has 0 unspecified atom stereocenters. The third-order valence-electron chi connectivity index (χ3n) is 3.88. The van der Waals surface area contributed by atoms with E-state index < -0.39 is 11.9 Å². The summed E-state index contributed by atoms with van der Waals surface area (Å²) in [6.07, 6.45) is 0. The number of amides is 1. The highest BCUT2D eigenvalue weighted by molar-refractivity contribution is 6.01. The van der Waals surface area contributed by atoms with Crippen LogP contribution in [0.25, 0.3) is 0 Å². The summed E-state index contributed by atoms with van der Waals surface area (Å²) >= 11 is 0. The van der Waals surface area contributed by atoms with Crippen molar-refractivity contribution in [2.75, 3.05) is 27.4 Å². The largest absolute Gasteiger partial charge is 0.497 e. The zero-order chi connectivity index (χ0) is 21.2. The highest BCUT2D eigenvalue weighted by Crippen LogP contribution is 2.25. The van der Waals surface area contributed by atoms with Gasteiger partial charge in [-0.3, -0.25) is 4.79 Å². The van der Waals surface area contributed by atoms with Crippen LogP contribution in [0, 0.1) is 0 Å². The molecule has 29 heavy (non-hydrogen) atoms. The lowest BCUT2D eigenvalue weighted by molar-refractivity contribution is -0.123. The lowest BCUT2D eigenvalue weighted by atomic mass is 10.1. The average molecular weight is 400 g/mol. The van der Waals surface area contributed by atoms with Crippen molar-refractivity contribution in [3.05, 3.63) is 53.6 Å². The highest BCUT2D eigenvalue weighted by Gasteiger charge is 2.10. The van der Waals surface area contributed by atoms with Crippen LogP contribution in [0.5, 0.6) is 17.2 Å². The van der Waals surface area contributed by atoms with Gasteiger partial charge >= 0.3 is 5.97 Å². The lowest BCUT2D eigenvalue weighted by Crippen LogP contribution is -2.25. The van der Waals surface area contributed by atoms with Crippen molar-refractivity contribution in [1.29, 1.82) is 0 Å². The van der Waals surface area contributed by atoms with Gasteiger partial charge < -0.3 is 18.9 Å². The number of hydrogen-bond donors (Lipinski definition) is 1. The molecule has 0 spiro atoms. The molecule has 2 aromatic carbocycles. The van der Waals surface area contributed by atoms with Crippen LogP contribution in [0.4, 0.5) is 0 Å². The molecule has 1 amide bonds. The Morgan fingerprint density at radius 1 is 1.00 bits per heavy atom. The first-order chi connectivity index (χ1) is 14.0. The van der Waals surface area contributed by atoms with Gasteiger partial charge in [-0.2, -0.15) is 5.10 Å². The van der Waals surface area contributed by atoms with Gasteiger partial charge in [0, 0.05) is 11.6 Å². The van der Waals surface area contributed by atoms with Crippen LogP contribution in [-0.2, 0) is 9.53 Å². The molecule has 2 rings (SSSR count). The molecule has 0 aliphatic rings. The number of carbonyl (C=O) groups excluding carboxylic acids is 2. The van der Waals surface area contributed by atoms with Crippen molar-refractivity contribution in [3.63, 3.8) is 0 Å². The monoisotopic (exact) mass is 400 g/mol. The Bertz CT molecular complexity index is 877. The van der Waals surface area contributed by atoms with Crippen molar-refractivity contribution >= 4 is 17.6 Å². The fraction of sp³-hybridized carbons (Fsp3) is 0.286. The molecule has 0 heterocycles. The maximum atomic E-state index is 12.0. The molecule has 0 aliphatic carbocycles. The van der Waals surface area contributed by atoms with E-state index in [-0.39, 0.29) is 6.61 Å². The molecule has 0 radical (unpaired) electrons. The van der Waals surface area contributed by atoms with Crippen molar-refractivity contribution in [2.24, 2.45) is 5.10 Å². The fourth-order valence-corrected chi connectivity index (χ4v) is 2.39. The number of esters is 1. The molecule has 0 fully saturated rings. The first kappa shape index (κ1) is 21.7. The van der Waals surface area contributed by atoms with Gasteiger partial charge in [0.25, 0.3) is 5.91 Å². The van der Waals surface area contributed by atoms with Crippen LogP contribution < -0.4 is 19.6 Å². The molecule has 8 heteroatoms. The van der Waals surface area contributed by atoms with E-state index in [0.717, 1.165) is 5.56 Å². The molecule has 0 aliphatic heterocycles. The number of benzene rings is 2. The van der Waals surface area contributed by atoms with Crippen LogP contribution in [0.2, 0.25) is 0 Å². The van der Waals surface area contributed by atoms with E-state index in [9.17, 15) is 9.59 Å². The van der Waals surface area contributed by atoms with E-state index in [1.165, 1.54) is 0 Å². The van der Waals surface area contributed by atoms with Crippen molar-refractivity contribution in [2.45, 2.75) is 13.8 Å². The minimum absolute atomic E-state index is 0.227. The van der Waals surface area contributed by atoms with Crippen LogP contribution in [0.15, 0.2) is 47.6 Å². The van der Waals surface area contributed by atoms with E-state index in [4.69, 9.17) is 18.9 Å². The van der Waals surface area contributed by atoms with Gasteiger partial charge in [-0.05, 0) is 50.2 Å². The number of methoxy groups -OCH3 is 2. The molecule has 1 N–H and O–H groups in total. The molecule has 2 aromatic rings. The number of nitrogens with one attached hydrogen (secondary N) is 1. The maximum absolute atomic E-state index is 12.0. The van der Waals surface area contributed by atoms with Gasteiger partial charge in [-0.15, -0.1) is 0 Å². The number of rotatable bonds is 9. The molecule has 0 aromatic heterocycles. The van der Waals surface area contributed by atoms with Gasteiger partial charge in [-0.1, -0.05) is 0 Å². The molecule has 0 bridgehead atoms. The lowest BCUT2D eigenvalue weighted by Gasteiger charge is -2.10. The third kappa shape index (κ3) is 6.24. The number of carbonyl (C=O) groups is 2.